The highest BCUT2D eigenvalue weighted by Gasteiger charge is 2.23. The number of esters is 1. The van der Waals surface area contributed by atoms with Crippen molar-refractivity contribution in [3.05, 3.63) is 22.1 Å². The van der Waals surface area contributed by atoms with Crippen LogP contribution in [0.1, 0.15) is 44.0 Å². The zero-order chi connectivity index (χ0) is 19.9. The minimum absolute atomic E-state index is 0.0137. The van der Waals surface area contributed by atoms with Crippen molar-refractivity contribution >= 4 is 50.7 Å². The van der Waals surface area contributed by atoms with E-state index >= 15 is 0 Å². The zero-order valence-electron chi connectivity index (χ0n) is 15.5. The molecule has 1 saturated carbocycles. The van der Waals surface area contributed by atoms with E-state index in [2.05, 4.69) is 20.6 Å². The number of thiazole rings is 2. The minimum atomic E-state index is -0.347. The molecular weight excluding hydrogens is 400 g/mol. The second kappa shape index (κ2) is 9.74. The number of carbonyl (C=O) groups is 3. The van der Waals surface area contributed by atoms with Crippen LogP contribution in [0.25, 0.3) is 0 Å². The highest BCUT2D eigenvalue weighted by Crippen LogP contribution is 2.27. The Kier molecular flexibility index (Phi) is 7.10. The number of amides is 2. The quantitative estimate of drug-likeness (QED) is 0.633. The van der Waals surface area contributed by atoms with Crippen molar-refractivity contribution in [3.8, 4) is 0 Å². The number of hydrogen-bond donors (Lipinski definition) is 2. The standard InChI is InChI=1S/C18H22N4O4S2/c1-2-26-15(24)8-13-10-27-17(20-13)21-14(23)7-12-9-28-18(19-12)22-16(25)11-5-3-4-6-11/h9-11H,2-8H2,1H3,(H,19,22,25)(H,20,21,23). The number of nitrogens with one attached hydrogen (secondary N) is 2. The van der Waals surface area contributed by atoms with E-state index in [-0.39, 0.29) is 36.5 Å². The van der Waals surface area contributed by atoms with Gasteiger partial charge in [0.15, 0.2) is 10.3 Å². The van der Waals surface area contributed by atoms with E-state index in [0.717, 1.165) is 25.7 Å². The van der Waals surface area contributed by atoms with E-state index in [9.17, 15) is 14.4 Å². The predicted octanol–water partition coefficient (Wildman–Crippen LogP) is 3.02. The van der Waals surface area contributed by atoms with E-state index in [1.807, 2.05) is 0 Å². The molecule has 2 aromatic heterocycles. The summed E-state index contributed by atoms with van der Waals surface area (Å²) in [4.78, 5) is 44.3. The van der Waals surface area contributed by atoms with Gasteiger partial charge in [0.1, 0.15) is 0 Å². The number of rotatable bonds is 8. The van der Waals surface area contributed by atoms with Gasteiger partial charge in [0.2, 0.25) is 11.8 Å². The third kappa shape index (κ3) is 5.83. The van der Waals surface area contributed by atoms with Crippen molar-refractivity contribution in [2.45, 2.75) is 45.4 Å². The molecule has 28 heavy (non-hydrogen) atoms. The van der Waals surface area contributed by atoms with Crippen LogP contribution in [0.4, 0.5) is 10.3 Å². The Morgan fingerprint density at radius 1 is 1.04 bits per heavy atom. The number of nitrogens with zero attached hydrogens (tertiary/aromatic N) is 2. The molecule has 2 aromatic rings. The topological polar surface area (TPSA) is 110 Å². The molecule has 150 valence electrons. The average Bonchev–Trinajstić information content (AvgIpc) is 3.38. The minimum Gasteiger partial charge on any atom is -0.466 e. The Labute approximate surface area is 170 Å². The molecule has 2 N–H and O–H groups in total. The normalized spacial score (nSPS) is 14.0. The van der Waals surface area contributed by atoms with E-state index in [4.69, 9.17) is 4.74 Å². The van der Waals surface area contributed by atoms with Gasteiger partial charge in [0, 0.05) is 16.7 Å². The highest BCUT2D eigenvalue weighted by atomic mass is 32.1. The molecule has 3 rings (SSSR count). The summed E-state index contributed by atoms with van der Waals surface area (Å²) in [7, 11) is 0. The first-order valence-electron chi connectivity index (χ1n) is 9.18. The molecule has 1 aliphatic carbocycles. The first-order valence-corrected chi connectivity index (χ1v) is 10.9. The molecule has 0 atom stereocenters. The molecule has 2 heterocycles. The van der Waals surface area contributed by atoms with Crippen LogP contribution in [0.15, 0.2) is 10.8 Å². The zero-order valence-corrected chi connectivity index (χ0v) is 17.2. The van der Waals surface area contributed by atoms with Gasteiger partial charge in [-0.25, -0.2) is 9.97 Å². The first kappa shape index (κ1) is 20.4. The van der Waals surface area contributed by atoms with Crippen LogP contribution in [-0.2, 0) is 32.0 Å². The fraction of sp³-hybridized carbons (Fsp3) is 0.500. The third-order valence-electron chi connectivity index (χ3n) is 4.28. The van der Waals surface area contributed by atoms with Crippen LogP contribution in [0.2, 0.25) is 0 Å². The van der Waals surface area contributed by atoms with Crippen LogP contribution in [0.3, 0.4) is 0 Å². The smallest absolute Gasteiger partial charge is 0.311 e. The van der Waals surface area contributed by atoms with E-state index in [0.29, 0.717) is 28.3 Å². The molecule has 0 saturated heterocycles. The number of anilines is 2. The summed E-state index contributed by atoms with van der Waals surface area (Å²) in [5.74, 6) is -0.513. The molecule has 8 nitrogen and oxygen atoms in total. The Hall–Kier alpha value is -2.33. The van der Waals surface area contributed by atoms with E-state index < -0.39 is 0 Å². The largest absolute Gasteiger partial charge is 0.466 e. The maximum atomic E-state index is 12.2. The molecule has 0 aromatic carbocycles. The second-order valence-corrected chi connectivity index (χ2v) is 8.18. The Morgan fingerprint density at radius 2 is 1.64 bits per heavy atom. The van der Waals surface area contributed by atoms with Gasteiger partial charge < -0.3 is 15.4 Å². The number of aromatic nitrogens is 2. The van der Waals surface area contributed by atoms with Gasteiger partial charge in [-0.05, 0) is 19.8 Å². The molecule has 0 aliphatic heterocycles. The molecule has 10 heteroatoms. The maximum Gasteiger partial charge on any atom is 0.311 e. The Morgan fingerprint density at radius 3 is 2.29 bits per heavy atom. The van der Waals surface area contributed by atoms with Gasteiger partial charge in [0.05, 0.1) is 30.8 Å². The molecule has 0 radical (unpaired) electrons. The van der Waals surface area contributed by atoms with E-state index in [1.165, 1.54) is 22.7 Å². The van der Waals surface area contributed by atoms with Crippen molar-refractivity contribution in [2.24, 2.45) is 5.92 Å². The molecule has 2 amide bonds. The van der Waals surface area contributed by atoms with Crippen molar-refractivity contribution in [3.63, 3.8) is 0 Å². The lowest BCUT2D eigenvalue weighted by Gasteiger charge is -2.07. The third-order valence-corrected chi connectivity index (χ3v) is 5.89. The second-order valence-electron chi connectivity index (χ2n) is 6.47. The van der Waals surface area contributed by atoms with Crippen LogP contribution < -0.4 is 10.6 Å². The van der Waals surface area contributed by atoms with Crippen LogP contribution in [0, 0.1) is 5.92 Å². The van der Waals surface area contributed by atoms with Gasteiger partial charge in [0.25, 0.3) is 0 Å². The summed E-state index contributed by atoms with van der Waals surface area (Å²) in [5, 5.41) is 9.97. The molecule has 1 fully saturated rings. The summed E-state index contributed by atoms with van der Waals surface area (Å²) in [6.45, 7) is 2.07. The fourth-order valence-corrected chi connectivity index (χ4v) is 4.41. The average molecular weight is 423 g/mol. The number of hydrogen-bond acceptors (Lipinski definition) is 8. The molecule has 0 bridgehead atoms. The number of carbonyl (C=O) groups excluding carboxylic acids is 3. The summed E-state index contributed by atoms with van der Waals surface area (Å²) in [5.41, 5.74) is 1.15. The van der Waals surface area contributed by atoms with Crippen molar-refractivity contribution in [2.75, 3.05) is 17.2 Å². The van der Waals surface area contributed by atoms with Gasteiger partial charge in [-0.1, -0.05) is 12.8 Å². The lowest BCUT2D eigenvalue weighted by molar-refractivity contribution is -0.142. The predicted molar refractivity (Wildman–Crippen MR) is 107 cm³/mol. The lowest BCUT2D eigenvalue weighted by Crippen LogP contribution is -2.20. The first-order chi connectivity index (χ1) is 13.5. The summed E-state index contributed by atoms with van der Waals surface area (Å²) in [6, 6.07) is 0. The Bertz CT molecular complexity index is 842. The SMILES string of the molecule is CCOC(=O)Cc1csc(NC(=O)Cc2csc(NC(=O)C3CCCC3)n2)n1. The molecule has 1 aliphatic rings. The molecule has 0 unspecified atom stereocenters. The van der Waals surface area contributed by atoms with Crippen molar-refractivity contribution in [1.29, 1.82) is 0 Å². The van der Waals surface area contributed by atoms with Gasteiger partial charge >= 0.3 is 5.97 Å². The fourth-order valence-electron chi connectivity index (χ4n) is 2.97. The number of ether oxygens (including phenoxy) is 1. The van der Waals surface area contributed by atoms with Gasteiger partial charge in [-0.2, -0.15) is 0 Å². The summed E-state index contributed by atoms with van der Waals surface area (Å²) >= 11 is 2.56. The monoisotopic (exact) mass is 422 g/mol. The van der Waals surface area contributed by atoms with Gasteiger partial charge in [-0.15, -0.1) is 22.7 Å². The summed E-state index contributed by atoms with van der Waals surface area (Å²) in [6.07, 6.45) is 4.22. The molecule has 0 spiro atoms. The Balaban J connectivity index is 1.47. The van der Waals surface area contributed by atoms with Crippen LogP contribution >= 0.6 is 22.7 Å². The van der Waals surface area contributed by atoms with Crippen molar-refractivity contribution < 1.29 is 19.1 Å². The van der Waals surface area contributed by atoms with Crippen LogP contribution in [0.5, 0.6) is 0 Å². The van der Waals surface area contributed by atoms with E-state index in [1.54, 1.807) is 17.7 Å². The van der Waals surface area contributed by atoms with Crippen molar-refractivity contribution in [1.82, 2.24) is 9.97 Å². The van der Waals surface area contributed by atoms with Crippen LogP contribution in [-0.4, -0.2) is 34.4 Å². The summed E-state index contributed by atoms with van der Waals surface area (Å²) < 4.78 is 4.88. The van der Waals surface area contributed by atoms with Gasteiger partial charge in [-0.3, -0.25) is 14.4 Å². The highest BCUT2D eigenvalue weighted by molar-refractivity contribution is 7.14. The molecular formula is C18H22N4O4S2. The maximum absolute atomic E-state index is 12.2. The lowest BCUT2D eigenvalue weighted by atomic mass is 10.1.